The maximum absolute atomic E-state index is 11.0. The van der Waals surface area contributed by atoms with Crippen LogP contribution in [-0.4, -0.2) is 36.0 Å². The first-order valence-electron chi connectivity index (χ1n) is 3.38. The molecule has 0 bridgehead atoms. The van der Waals surface area contributed by atoms with Crippen molar-refractivity contribution in [1.82, 2.24) is 4.90 Å². The molecule has 0 aromatic rings. The van der Waals surface area contributed by atoms with Gasteiger partial charge in [0, 0.05) is 20.0 Å². The number of carbonyl (C=O) groups excluding carboxylic acids is 1. The highest BCUT2D eigenvalue weighted by Gasteiger charge is 2.17. The number of hydrogen-bond acceptors (Lipinski definition) is 2. The summed E-state index contributed by atoms with van der Waals surface area (Å²) in [5, 5.41) is 8.34. The van der Waals surface area contributed by atoms with Crippen LogP contribution in [-0.2, 0) is 9.59 Å². The minimum atomic E-state index is -0.937. The summed E-state index contributed by atoms with van der Waals surface area (Å²) in [7, 11) is 3.22. The molecule has 0 fully saturated rings. The zero-order valence-electron chi connectivity index (χ0n) is 7.00. The van der Waals surface area contributed by atoms with E-state index in [1.165, 1.54) is 4.90 Å². The number of hydrogen-bond donors (Lipinski definition) is 1. The second-order valence-electron chi connectivity index (χ2n) is 2.73. The van der Waals surface area contributed by atoms with Gasteiger partial charge in [-0.15, -0.1) is 0 Å². The number of aliphatic carboxylic acids is 1. The van der Waals surface area contributed by atoms with Gasteiger partial charge in [-0.2, -0.15) is 0 Å². The Bertz CT molecular complexity index is 165. The molecule has 0 aliphatic rings. The molecule has 1 atom stereocenters. The molecule has 0 aliphatic carbocycles. The van der Waals surface area contributed by atoms with E-state index in [0.29, 0.717) is 0 Å². The van der Waals surface area contributed by atoms with Gasteiger partial charge in [-0.25, -0.2) is 0 Å². The van der Waals surface area contributed by atoms with Gasteiger partial charge in [0.1, 0.15) is 0 Å². The zero-order valence-corrected chi connectivity index (χ0v) is 7.00. The van der Waals surface area contributed by atoms with Crippen LogP contribution in [0.25, 0.3) is 0 Å². The lowest BCUT2D eigenvalue weighted by molar-refractivity contribution is -0.143. The molecule has 0 saturated carbocycles. The van der Waals surface area contributed by atoms with Gasteiger partial charge in [0.05, 0.1) is 6.42 Å². The number of carboxylic acid groups (broad SMARTS) is 1. The lowest BCUT2D eigenvalue weighted by Gasteiger charge is -2.14. The Morgan fingerprint density at radius 3 is 2.18 bits per heavy atom. The van der Waals surface area contributed by atoms with Gasteiger partial charge >= 0.3 is 5.97 Å². The van der Waals surface area contributed by atoms with E-state index in [9.17, 15) is 9.59 Å². The average Bonchev–Trinajstić information content (AvgIpc) is 1.84. The second-order valence-corrected chi connectivity index (χ2v) is 2.73. The van der Waals surface area contributed by atoms with Crippen LogP contribution in [0.1, 0.15) is 13.3 Å². The molecular weight excluding hydrogens is 146 g/mol. The molecule has 64 valence electrons. The highest BCUT2D eigenvalue weighted by Crippen LogP contribution is 2.04. The quantitative estimate of drug-likeness (QED) is 0.639. The molecule has 1 amide bonds. The van der Waals surface area contributed by atoms with Crippen LogP contribution in [0.3, 0.4) is 0 Å². The molecule has 11 heavy (non-hydrogen) atoms. The van der Waals surface area contributed by atoms with E-state index in [0.717, 1.165) is 0 Å². The fourth-order valence-electron chi connectivity index (χ4n) is 0.790. The smallest absolute Gasteiger partial charge is 0.304 e. The summed E-state index contributed by atoms with van der Waals surface area (Å²) >= 11 is 0. The van der Waals surface area contributed by atoms with Gasteiger partial charge < -0.3 is 10.0 Å². The van der Waals surface area contributed by atoms with Crippen LogP contribution in [0.4, 0.5) is 0 Å². The first-order chi connectivity index (χ1) is 4.95. The maximum atomic E-state index is 11.0. The first-order valence-corrected chi connectivity index (χ1v) is 3.38. The van der Waals surface area contributed by atoms with Crippen LogP contribution in [0.5, 0.6) is 0 Å². The third-order valence-corrected chi connectivity index (χ3v) is 1.34. The van der Waals surface area contributed by atoms with E-state index >= 15 is 0 Å². The molecule has 0 aromatic carbocycles. The molecule has 4 nitrogen and oxygen atoms in total. The highest BCUT2D eigenvalue weighted by molar-refractivity contribution is 5.82. The van der Waals surface area contributed by atoms with Crippen molar-refractivity contribution in [3.63, 3.8) is 0 Å². The van der Waals surface area contributed by atoms with E-state index in [2.05, 4.69) is 0 Å². The molecule has 0 spiro atoms. The minimum absolute atomic E-state index is 0.100. The molecule has 1 N–H and O–H groups in total. The van der Waals surface area contributed by atoms with Crippen LogP contribution in [0.2, 0.25) is 0 Å². The van der Waals surface area contributed by atoms with Crippen LogP contribution >= 0.6 is 0 Å². The van der Waals surface area contributed by atoms with E-state index in [1.807, 2.05) is 0 Å². The summed E-state index contributed by atoms with van der Waals surface area (Å²) in [6.07, 6.45) is -0.100. The molecule has 0 aromatic heterocycles. The lowest BCUT2D eigenvalue weighted by Crippen LogP contribution is -2.29. The Morgan fingerprint density at radius 2 is 1.91 bits per heavy atom. The van der Waals surface area contributed by atoms with Crippen molar-refractivity contribution in [2.45, 2.75) is 13.3 Å². The SMILES string of the molecule is C[C@@H](CC(=O)O)C(=O)N(C)C. The standard InChI is InChI=1S/C7H13NO3/c1-5(4-6(9)10)7(11)8(2)3/h5H,4H2,1-3H3,(H,9,10)/t5-/m0/s1. The van der Waals surface area contributed by atoms with E-state index < -0.39 is 11.9 Å². The molecule has 0 aliphatic heterocycles. The van der Waals surface area contributed by atoms with E-state index in [-0.39, 0.29) is 12.3 Å². The lowest BCUT2D eigenvalue weighted by atomic mass is 10.1. The molecule has 0 heterocycles. The topological polar surface area (TPSA) is 57.6 Å². The van der Waals surface area contributed by atoms with Gasteiger partial charge in [0.25, 0.3) is 0 Å². The Kier molecular flexibility index (Phi) is 3.57. The molecule has 0 unspecified atom stereocenters. The highest BCUT2D eigenvalue weighted by atomic mass is 16.4. The summed E-state index contributed by atoms with van der Waals surface area (Å²) in [4.78, 5) is 22.6. The van der Waals surface area contributed by atoms with Crippen molar-refractivity contribution in [2.75, 3.05) is 14.1 Å². The Labute approximate surface area is 65.8 Å². The second kappa shape index (κ2) is 3.95. The predicted octanol–water partition coefficient (Wildman–Crippen LogP) is 0.185. The predicted molar refractivity (Wildman–Crippen MR) is 40.1 cm³/mol. The van der Waals surface area contributed by atoms with Crippen molar-refractivity contribution in [3.05, 3.63) is 0 Å². The van der Waals surface area contributed by atoms with Gasteiger partial charge in [0.15, 0.2) is 0 Å². The normalized spacial score (nSPS) is 12.3. The maximum Gasteiger partial charge on any atom is 0.304 e. The largest absolute Gasteiger partial charge is 0.481 e. The average molecular weight is 159 g/mol. The van der Waals surface area contributed by atoms with Gasteiger partial charge in [-0.3, -0.25) is 9.59 Å². The summed E-state index contributed by atoms with van der Waals surface area (Å²) in [5.74, 6) is -1.51. The summed E-state index contributed by atoms with van der Waals surface area (Å²) < 4.78 is 0. The Balaban J connectivity index is 3.93. The van der Waals surface area contributed by atoms with Crippen molar-refractivity contribution >= 4 is 11.9 Å². The summed E-state index contributed by atoms with van der Waals surface area (Å²) in [5.41, 5.74) is 0. The van der Waals surface area contributed by atoms with Crippen molar-refractivity contribution in [3.8, 4) is 0 Å². The number of rotatable bonds is 3. The monoisotopic (exact) mass is 159 g/mol. The van der Waals surface area contributed by atoms with Crippen molar-refractivity contribution in [1.29, 1.82) is 0 Å². The van der Waals surface area contributed by atoms with Crippen LogP contribution in [0.15, 0.2) is 0 Å². The molecular formula is C7H13NO3. The fraction of sp³-hybridized carbons (Fsp3) is 0.714. The van der Waals surface area contributed by atoms with E-state index in [4.69, 9.17) is 5.11 Å². The van der Waals surface area contributed by atoms with Gasteiger partial charge in [0.2, 0.25) is 5.91 Å². The number of carboxylic acids is 1. The zero-order chi connectivity index (χ0) is 9.02. The summed E-state index contributed by atoms with van der Waals surface area (Å²) in [6, 6.07) is 0. The molecule has 0 saturated heterocycles. The third-order valence-electron chi connectivity index (χ3n) is 1.34. The Morgan fingerprint density at radius 1 is 1.45 bits per heavy atom. The van der Waals surface area contributed by atoms with Crippen molar-refractivity contribution in [2.24, 2.45) is 5.92 Å². The minimum Gasteiger partial charge on any atom is -0.481 e. The number of amides is 1. The fourth-order valence-corrected chi connectivity index (χ4v) is 0.790. The molecule has 4 heteroatoms. The Hall–Kier alpha value is -1.06. The number of nitrogens with zero attached hydrogens (tertiary/aromatic N) is 1. The van der Waals surface area contributed by atoms with Crippen LogP contribution in [0, 0.1) is 5.92 Å². The number of carbonyl (C=O) groups is 2. The molecule has 0 radical (unpaired) electrons. The van der Waals surface area contributed by atoms with E-state index in [1.54, 1.807) is 21.0 Å². The van der Waals surface area contributed by atoms with Crippen molar-refractivity contribution < 1.29 is 14.7 Å². The van der Waals surface area contributed by atoms with Gasteiger partial charge in [-0.05, 0) is 0 Å². The summed E-state index contributed by atoms with van der Waals surface area (Å²) in [6.45, 7) is 1.61. The third kappa shape index (κ3) is 3.60. The molecule has 0 rings (SSSR count). The van der Waals surface area contributed by atoms with Gasteiger partial charge in [-0.1, -0.05) is 6.92 Å². The first kappa shape index (κ1) is 9.94. The van der Waals surface area contributed by atoms with Crippen LogP contribution < -0.4 is 0 Å².